The van der Waals surface area contributed by atoms with E-state index in [2.05, 4.69) is 26.2 Å². The lowest BCUT2D eigenvalue weighted by molar-refractivity contribution is -0.119. The molecule has 0 spiro atoms. The number of amides is 2. The minimum atomic E-state index is -0.450. The lowest BCUT2D eigenvalue weighted by Crippen LogP contribution is -2.33. The van der Waals surface area contributed by atoms with Crippen molar-refractivity contribution in [3.63, 3.8) is 0 Å². The van der Waals surface area contributed by atoms with Gasteiger partial charge in [-0.05, 0) is 34.1 Å². The summed E-state index contributed by atoms with van der Waals surface area (Å²) in [7, 11) is 0. The molecule has 1 aliphatic heterocycles. The first-order valence-corrected chi connectivity index (χ1v) is 7.62. The fraction of sp³-hybridized carbons (Fsp3) is 0.267. The van der Waals surface area contributed by atoms with Crippen LogP contribution in [0.4, 0.5) is 10.6 Å². The van der Waals surface area contributed by atoms with E-state index < -0.39 is 6.09 Å². The highest BCUT2D eigenvalue weighted by atomic mass is 79.9. The highest BCUT2D eigenvalue weighted by Crippen LogP contribution is 2.26. The molecule has 22 heavy (non-hydrogen) atoms. The summed E-state index contributed by atoms with van der Waals surface area (Å²) < 4.78 is 6.11. The van der Waals surface area contributed by atoms with Gasteiger partial charge in [0, 0.05) is 16.8 Å². The number of hydrogen-bond acceptors (Lipinski definition) is 4. The molecule has 1 N–H and O–H groups in total. The number of nitrogens with one attached hydrogen (secondary N) is 1. The van der Waals surface area contributed by atoms with Crippen LogP contribution in [0.3, 0.4) is 0 Å². The third-order valence-electron chi connectivity index (χ3n) is 3.39. The summed E-state index contributed by atoms with van der Waals surface area (Å²) in [5.41, 5.74) is 0.790. The number of benzene rings is 1. The maximum atomic E-state index is 12.0. The van der Waals surface area contributed by atoms with Gasteiger partial charge in [-0.25, -0.2) is 9.78 Å². The molecule has 7 heteroatoms. The average Bonchev–Trinajstić information content (AvgIpc) is 2.86. The van der Waals surface area contributed by atoms with E-state index in [9.17, 15) is 9.59 Å². The van der Waals surface area contributed by atoms with E-state index in [1.807, 2.05) is 24.3 Å². The molecule has 114 valence electrons. The zero-order valence-corrected chi connectivity index (χ0v) is 13.5. The summed E-state index contributed by atoms with van der Waals surface area (Å²) in [5, 5.41) is 3.63. The Balaban J connectivity index is 1.83. The summed E-state index contributed by atoms with van der Waals surface area (Å²) in [6.45, 7) is 2.09. The van der Waals surface area contributed by atoms with E-state index in [0.29, 0.717) is 18.9 Å². The number of carbonyl (C=O) groups excluding carboxylic acids is 2. The molecule has 0 unspecified atom stereocenters. The maximum Gasteiger partial charge on any atom is 0.416 e. The molecule has 1 atom stereocenters. The molecule has 1 aliphatic rings. The molecule has 3 rings (SSSR count). The van der Waals surface area contributed by atoms with Gasteiger partial charge in [0.25, 0.3) is 0 Å². The van der Waals surface area contributed by atoms with Crippen molar-refractivity contribution in [3.05, 3.63) is 34.8 Å². The molecule has 0 bridgehead atoms. The molecule has 0 saturated carbocycles. The average molecular weight is 364 g/mol. The van der Waals surface area contributed by atoms with Gasteiger partial charge in [0.1, 0.15) is 11.9 Å². The molecule has 1 aromatic carbocycles. The Morgan fingerprint density at radius 1 is 1.45 bits per heavy atom. The molecule has 1 saturated heterocycles. The molecule has 2 aromatic rings. The lowest BCUT2D eigenvalue weighted by Gasteiger charge is -2.13. The lowest BCUT2D eigenvalue weighted by atomic mass is 10.2. The standard InChI is InChI=1S/C15H14BrN3O3/c1-9(20)17-7-11-8-19(15(21)22-11)13-6-5-10-3-2-4-12(16)14(10)18-13/h2-6,11H,7-8H2,1H3,(H,17,20)/t11-/m0/s1. The van der Waals surface area contributed by atoms with Gasteiger partial charge in [0.2, 0.25) is 5.91 Å². The van der Waals surface area contributed by atoms with Crippen LogP contribution in [0, 0.1) is 0 Å². The van der Waals surface area contributed by atoms with E-state index >= 15 is 0 Å². The third kappa shape index (κ3) is 2.89. The predicted octanol–water partition coefficient (Wildman–Crippen LogP) is 2.46. The molecular weight excluding hydrogens is 350 g/mol. The molecule has 2 heterocycles. The monoisotopic (exact) mass is 363 g/mol. The molecular formula is C15H14BrN3O3. The molecule has 0 aliphatic carbocycles. The first-order valence-electron chi connectivity index (χ1n) is 6.82. The summed E-state index contributed by atoms with van der Waals surface area (Å²) >= 11 is 3.46. The number of ether oxygens (including phenoxy) is 1. The zero-order chi connectivity index (χ0) is 15.7. The van der Waals surface area contributed by atoms with Crippen LogP contribution in [0.5, 0.6) is 0 Å². The third-order valence-corrected chi connectivity index (χ3v) is 4.03. The van der Waals surface area contributed by atoms with Gasteiger partial charge in [-0.15, -0.1) is 0 Å². The van der Waals surface area contributed by atoms with E-state index in [0.717, 1.165) is 15.4 Å². The Morgan fingerprint density at radius 3 is 3.05 bits per heavy atom. The van der Waals surface area contributed by atoms with E-state index in [1.54, 1.807) is 6.07 Å². The van der Waals surface area contributed by atoms with Gasteiger partial charge < -0.3 is 10.1 Å². The zero-order valence-electron chi connectivity index (χ0n) is 11.9. The number of halogens is 1. The largest absolute Gasteiger partial charge is 0.442 e. The molecule has 1 fully saturated rings. The van der Waals surface area contributed by atoms with Crippen molar-refractivity contribution in [2.45, 2.75) is 13.0 Å². The topological polar surface area (TPSA) is 71.5 Å². The fourth-order valence-electron chi connectivity index (χ4n) is 2.32. The number of para-hydroxylation sites is 1. The quantitative estimate of drug-likeness (QED) is 0.908. The van der Waals surface area contributed by atoms with Gasteiger partial charge >= 0.3 is 6.09 Å². The maximum absolute atomic E-state index is 12.0. The second-order valence-electron chi connectivity index (χ2n) is 5.03. The van der Waals surface area contributed by atoms with Crippen molar-refractivity contribution in [2.75, 3.05) is 18.0 Å². The van der Waals surface area contributed by atoms with Crippen LogP contribution in [0.15, 0.2) is 34.8 Å². The number of aromatic nitrogens is 1. The highest BCUT2D eigenvalue weighted by molar-refractivity contribution is 9.10. The Hall–Kier alpha value is -2.15. The molecule has 2 amide bonds. The number of pyridine rings is 1. The van der Waals surface area contributed by atoms with Crippen molar-refractivity contribution in [1.82, 2.24) is 10.3 Å². The summed E-state index contributed by atoms with van der Waals surface area (Å²) in [6, 6.07) is 9.49. The van der Waals surface area contributed by atoms with Crippen LogP contribution in [0.2, 0.25) is 0 Å². The second kappa shape index (κ2) is 5.92. The number of hydrogen-bond donors (Lipinski definition) is 1. The van der Waals surface area contributed by atoms with E-state index in [4.69, 9.17) is 4.74 Å². The minimum Gasteiger partial charge on any atom is -0.442 e. The van der Waals surface area contributed by atoms with Crippen molar-refractivity contribution in [1.29, 1.82) is 0 Å². The van der Waals surface area contributed by atoms with E-state index in [-0.39, 0.29) is 12.0 Å². The smallest absolute Gasteiger partial charge is 0.416 e. The number of nitrogens with zero attached hydrogens (tertiary/aromatic N) is 2. The van der Waals surface area contributed by atoms with Crippen molar-refractivity contribution in [2.24, 2.45) is 0 Å². The van der Waals surface area contributed by atoms with Crippen molar-refractivity contribution in [3.8, 4) is 0 Å². The molecule has 0 radical (unpaired) electrons. The number of cyclic esters (lactones) is 1. The molecule has 6 nitrogen and oxygen atoms in total. The van der Waals surface area contributed by atoms with Gasteiger partial charge in [-0.3, -0.25) is 9.69 Å². The normalized spacial score (nSPS) is 17.6. The summed E-state index contributed by atoms with van der Waals surface area (Å²) in [6.07, 6.45) is -0.817. The first-order chi connectivity index (χ1) is 10.5. The van der Waals surface area contributed by atoms with Crippen LogP contribution < -0.4 is 10.2 Å². The second-order valence-corrected chi connectivity index (χ2v) is 5.89. The Bertz CT molecular complexity index is 750. The van der Waals surface area contributed by atoms with Crippen molar-refractivity contribution >= 4 is 44.7 Å². The van der Waals surface area contributed by atoms with Crippen LogP contribution in [-0.2, 0) is 9.53 Å². The first kappa shape index (κ1) is 14.8. The van der Waals surface area contributed by atoms with Crippen LogP contribution >= 0.6 is 15.9 Å². The highest BCUT2D eigenvalue weighted by Gasteiger charge is 2.33. The fourth-order valence-corrected chi connectivity index (χ4v) is 2.79. The summed E-state index contributed by atoms with van der Waals surface area (Å²) in [4.78, 5) is 28.9. The van der Waals surface area contributed by atoms with Crippen LogP contribution in [-0.4, -0.2) is 36.2 Å². The minimum absolute atomic E-state index is 0.151. The van der Waals surface area contributed by atoms with Gasteiger partial charge in [-0.1, -0.05) is 12.1 Å². The van der Waals surface area contributed by atoms with Gasteiger partial charge in [0.15, 0.2) is 0 Å². The Morgan fingerprint density at radius 2 is 2.27 bits per heavy atom. The predicted molar refractivity (Wildman–Crippen MR) is 85.7 cm³/mol. The Labute approximate surface area is 135 Å². The SMILES string of the molecule is CC(=O)NC[C@H]1CN(c2ccc3cccc(Br)c3n2)C(=O)O1. The number of fused-ring (bicyclic) bond motifs is 1. The van der Waals surface area contributed by atoms with Crippen molar-refractivity contribution < 1.29 is 14.3 Å². The van der Waals surface area contributed by atoms with Crippen LogP contribution in [0.1, 0.15) is 6.92 Å². The summed E-state index contributed by atoms with van der Waals surface area (Å²) in [5.74, 6) is 0.386. The number of carbonyl (C=O) groups is 2. The molecule has 1 aromatic heterocycles. The Kier molecular flexibility index (Phi) is 3.98. The van der Waals surface area contributed by atoms with Gasteiger partial charge in [-0.2, -0.15) is 0 Å². The van der Waals surface area contributed by atoms with Crippen LogP contribution in [0.25, 0.3) is 10.9 Å². The van der Waals surface area contributed by atoms with E-state index in [1.165, 1.54) is 11.8 Å². The number of anilines is 1. The number of rotatable bonds is 3. The van der Waals surface area contributed by atoms with Gasteiger partial charge in [0.05, 0.1) is 18.6 Å².